The van der Waals surface area contributed by atoms with Gasteiger partial charge in [-0.05, 0) is 30.0 Å². The molecule has 36 heavy (non-hydrogen) atoms. The van der Waals surface area contributed by atoms with Crippen molar-refractivity contribution in [1.29, 1.82) is 0 Å². The predicted molar refractivity (Wildman–Crippen MR) is 130 cm³/mol. The summed E-state index contributed by atoms with van der Waals surface area (Å²) in [5, 5.41) is 2.38. The van der Waals surface area contributed by atoms with Crippen LogP contribution in [0.4, 0.5) is 4.79 Å². The Labute approximate surface area is 208 Å². The number of likely N-dealkylation sites (tertiary alicyclic amines) is 1. The number of benzene rings is 1. The zero-order chi connectivity index (χ0) is 25.6. The number of fused-ring (bicyclic) bond motifs is 4. The minimum Gasteiger partial charge on any atom is -0.497 e. The van der Waals surface area contributed by atoms with Gasteiger partial charge in [-0.2, -0.15) is 0 Å². The fourth-order valence-corrected chi connectivity index (χ4v) is 5.99. The highest BCUT2D eigenvalue weighted by Crippen LogP contribution is 2.39. The molecule has 1 aromatic heterocycles. The first kappa shape index (κ1) is 24.1. The Balaban J connectivity index is 1.50. The number of hydrogen-bond acceptors (Lipinski definition) is 7. The van der Waals surface area contributed by atoms with Crippen molar-refractivity contribution in [1.82, 2.24) is 19.7 Å². The number of methoxy groups -OCH3 is 2. The van der Waals surface area contributed by atoms with Crippen molar-refractivity contribution in [2.24, 2.45) is 11.3 Å². The maximum atomic E-state index is 13.7. The third-order valence-electron chi connectivity index (χ3n) is 7.71. The Morgan fingerprint density at radius 1 is 1.03 bits per heavy atom. The number of imide groups is 2. The number of carbonyl (C=O) groups excluding carboxylic acids is 3. The predicted octanol–water partition coefficient (Wildman–Crippen LogP) is 1.22. The van der Waals surface area contributed by atoms with Gasteiger partial charge in [0.05, 0.1) is 14.2 Å². The van der Waals surface area contributed by atoms with E-state index in [1.54, 1.807) is 37.4 Å². The molecule has 2 aromatic rings. The molecule has 0 spiro atoms. The highest BCUT2D eigenvalue weighted by atomic mass is 16.5. The molecule has 0 unspecified atom stereocenters. The first-order chi connectivity index (χ1) is 17.3. The maximum Gasteiger partial charge on any atom is 0.330 e. The summed E-state index contributed by atoms with van der Waals surface area (Å²) >= 11 is 0. The number of urea groups is 1. The second kappa shape index (κ2) is 9.09. The Morgan fingerprint density at radius 2 is 1.83 bits per heavy atom. The molecule has 1 N–H and O–H groups in total. The van der Waals surface area contributed by atoms with E-state index in [1.165, 1.54) is 14.2 Å². The van der Waals surface area contributed by atoms with Crippen LogP contribution in [0.25, 0.3) is 0 Å². The van der Waals surface area contributed by atoms with Gasteiger partial charge in [-0.15, -0.1) is 0 Å². The Kier molecular flexibility index (Phi) is 6.07. The van der Waals surface area contributed by atoms with Crippen LogP contribution in [0, 0.1) is 11.3 Å². The summed E-state index contributed by atoms with van der Waals surface area (Å²) in [6.07, 6.45) is 1.02. The fraction of sp³-hybridized carbons (Fsp3) is 0.462. The lowest BCUT2D eigenvalue weighted by Gasteiger charge is -2.47. The lowest BCUT2D eigenvalue weighted by molar-refractivity contribution is -0.152. The number of rotatable bonds is 6. The summed E-state index contributed by atoms with van der Waals surface area (Å²) in [4.78, 5) is 54.9. The molecule has 0 saturated carbocycles. The average Bonchev–Trinajstić information content (AvgIpc) is 2.87. The Bertz CT molecular complexity index is 1290. The number of carbonyl (C=O) groups is 3. The monoisotopic (exact) mass is 494 g/mol. The standard InChI is InChI=1S/C26H30N4O6/c1-28-24(33)26(23(32)27-25(28)34,11-17-7-8-19(35-2)10-21(17)36-3)15-29-12-16-9-18(14-29)20-5-4-6-22(31)30(20)13-16/h4-8,10,16,18H,9,11-15H2,1-3H3,(H,27,32,34)/t16-,18+,26+/m1/s1. The zero-order valence-corrected chi connectivity index (χ0v) is 20.7. The molecule has 10 heteroatoms. The van der Waals surface area contributed by atoms with E-state index in [0.29, 0.717) is 36.7 Å². The van der Waals surface area contributed by atoms with E-state index in [-0.39, 0.29) is 30.4 Å². The highest BCUT2D eigenvalue weighted by molar-refractivity contribution is 6.19. The normalized spacial score (nSPS) is 25.9. The number of piperidine rings is 1. The fourth-order valence-electron chi connectivity index (χ4n) is 5.99. The number of nitrogens with one attached hydrogen (secondary N) is 1. The lowest BCUT2D eigenvalue weighted by atomic mass is 9.75. The molecule has 2 saturated heterocycles. The van der Waals surface area contributed by atoms with E-state index < -0.39 is 23.3 Å². The van der Waals surface area contributed by atoms with Crippen LogP contribution in [-0.2, 0) is 22.6 Å². The molecule has 3 atom stereocenters. The minimum absolute atomic E-state index is 0.000643. The van der Waals surface area contributed by atoms with E-state index in [0.717, 1.165) is 17.0 Å². The third-order valence-corrected chi connectivity index (χ3v) is 7.71. The molecule has 190 valence electrons. The smallest absolute Gasteiger partial charge is 0.330 e. The summed E-state index contributed by atoms with van der Waals surface area (Å²) in [5.41, 5.74) is 0.132. The SMILES string of the molecule is COc1ccc(C[C@]2(CN3C[C@H]4C[C@@H](C3)c3cccc(=O)n3C4)C(=O)NC(=O)N(C)C2=O)c(OC)c1. The number of nitrogens with zero attached hydrogens (tertiary/aromatic N) is 3. The summed E-state index contributed by atoms with van der Waals surface area (Å²) < 4.78 is 12.7. The lowest BCUT2D eigenvalue weighted by Crippen LogP contribution is -2.67. The van der Waals surface area contributed by atoms with Gasteiger partial charge < -0.3 is 18.9 Å². The Morgan fingerprint density at radius 3 is 2.58 bits per heavy atom. The van der Waals surface area contributed by atoms with Crippen LogP contribution in [0.1, 0.15) is 23.6 Å². The minimum atomic E-state index is -1.52. The summed E-state index contributed by atoms with van der Waals surface area (Å²) in [6.45, 7) is 2.02. The number of ether oxygens (including phenoxy) is 2. The second-order valence-electron chi connectivity index (χ2n) is 9.95. The molecule has 0 aliphatic carbocycles. The number of amides is 4. The van der Waals surface area contributed by atoms with Crippen molar-refractivity contribution in [2.75, 3.05) is 40.9 Å². The van der Waals surface area contributed by atoms with Crippen molar-refractivity contribution >= 4 is 17.8 Å². The van der Waals surface area contributed by atoms with Gasteiger partial charge in [0.15, 0.2) is 0 Å². The first-order valence-corrected chi connectivity index (χ1v) is 12.0. The van der Waals surface area contributed by atoms with E-state index in [2.05, 4.69) is 10.2 Å². The third kappa shape index (κ3) is 3.95. The number of aromatic nitrogens is 1. The van der Waals surface area contributed by atoms with Crippen LogP contribution in [0.15, 0.2) is 41.2 Å². The molecule has 10 nitrogen and oxygen atoms in total. The molecular weight excluding hydrogens is 464 g/mol. The van der Waals surface area contributed by atoms with Crippen LogP contribution >= 0.6 is 0 Å². The molecule has 4 heterocycles. The van der Waals surface area contributed by atoms with E-state index in [4.69, 9.17) is 9.47 Å². The first-order valence-electron chi connectivity index (χ1n) is 12.0. The summed E-state index contributed by atoms with van der Waals surface area (Å²) in [5.74, 6) is 0.291. The average molecular weight is 495 g/mol. The molecule has 0 radical (unpaired) electrons. The Hall–Kier alpha value is -3.66. The molecule has 3 aliphatic rings. The molecule has 2 bridgehead atoms. The largest absolute Gasteiger partial charge is 0.497 e. The van der Waals surface area contributed by atoms with Crippen LogP contribution < -0.4 is 20.3 Å². The van der Waals surface area contributed by atoms with Gasteiger partial charge in [0.25, 0.3) is 5.56 Å². The quantitative estimate of drug-likeness (QED) is 0.602. The van der Waals surface area contributed by atoms with Gasteiger partial charge >= 0.3 is 6.03 Å². The highest BCUT2D eigenvalue weighted by Gasteiger charge is 2.54. The van der Waals surface area contributed by atoms with Gasteiger partial charge in [0, 0.05) is 63.4 Å². The zero-order valence-electron chi connectivity index (χ0n) is 20.7. The topological polar surface area (TPSA) is 110 Å². The van der Waals surface area contributed by atoms with Crippen molar-refractivity contribution in [2.45, 2.75) is 25.3 Å². The number of pyridine rings is 1. The summed E-state index contributed by atoms with van der Waals surface area (Å²) in [6, 6.07) is 9.86. The van der Waals surface area contributed by atoms with Crippen LogP contribution in [0.3, 0.4) is 0 Å². The summed E-state index contributed by atoms with van der Waals surface area (Å²) in [7, 11) is 4.46. The van der Waals surface area contributed by atoms with Gasteiger partial charge in [0.2, 0.25) is 11.8 Å². The molecule has 1 aromatic carbocycles. The molecule has 2 fully saturated rings. The van der Waals surface area contributed by atoms with Crippen LogP contribution in [0.5, 0.6) is 11.5 Å². The number of barbiturate groups is 1. The van der Waals surface area contributed by atoms with Crippen molar-refractivity contribution < 1.29 is 23.9 Å². The molecule has 3 aliphatic heterocycles. The van der Waals surface area contributed by atoms with Crippen LogP contribution in [0.2, 0.25) is 0 Å². The number of hydrogen-bond donors (Lipinski definition) is 1. The van der Waals surface area contributed by atoms with E-state index in [9.17, 15) is 19.2 Å². The van der Waals surface area contributed by atoms with Crippen LogP contribution in [-0.4, -0.2) is 73.1 Å². The second-order valence-corrected chi connectivity index (χ2v) is 9.95. The van der Waals surface area contributed by atoms with E-state index >= 15 is 0 Å². The van der Waals surface area contributed by atoms with Gasteiger partial charge in [-0.25, -0.2) is 4.79 Å². The van der Waals surface area contributed by atoms with Crippen molar-refractivity contribution in [3.63, 3.8) is 0 Å². The van der Waals surface area contributed by atoms with Gasteiger partial charge in [-0.1, -0.05) is 12.1 Å². The van der Waals surface area contributed by atoms with Crippen molar-refractivity contribution in [3.8, 4) is 11.5 Å². The van der Waals surface area contributed by atoms with Gasteiger partial charge in [0.1, 0.15) is 16.9 Å². The molecule has 4 amide bonds. The maximum absolute atomic E-state index is 13.7. The van der Waals surface area contributed by atoms with E-state index in [1.807, 2.05) is 10.6 Å². The van der Waals surface area contributed by atoms with Gasteiger partial charge in [-0.3, -0.25) is 24.6 Å². The van der Waals surface area contributed by atoms with Crippen molar-refractivity contribution in [3.05, 3.63) is 58.0 Å². The molecule has 5 rings (SSSR count). The molecular formula is C26H30N4O6.